The molecule has 0 atom stereocenters. The van der Waals surface area contributed by atoms with E-state index in [-0.39, 0.29) is 25.1 Å². The normalized spacial score (nSPS) is 17.9. The van der Waals surface area contributed by atoms with Gasteiger partial charge >= 0.3 is 0 Å². The number of carbonyl (C=O) groups excluding carboxylic acids is 1. The van der Waals surface area contributed by atoms with Crippen molar-refractivity contribution in [2.45, 2.75) is 18.9 Å². The number of ether oxygens (including phenoxy) is 2. The Morgan fingerprint density at radius 2 is 2.00 bits per heavy atom. The molecule has 7 heteroatoms. The Kier molecular flexibility index (Phi) is 5.88. The first-order chi connectivity index (χ1) is 10.2. The van der Waals surface area contributed by atoms with Crippen molar-refractivity contribution in [3.63, 3.8) is 0 Å². The Labute approximate surface area is 136 Å². The molecule has 22 heavy (non-hydrogen) atoms. The lowest BCUT2D eigenvalue weighted by Gasteiger charge is -2.31. The Balaban J connectivity index is 0.00000176. The van der Waals surface area contributed by atoms with Crippen LogP contribution in [0.2, 0.25) is 0 Å². The SMILES string of the molecule is CNC1CCN(CC(=O)Nc2ccc3c(c2)OCO3)CC1.Cl. The van der Waals surface area contributed by atoms with Gasteiger partial charge in [0.25, 0.3) is 0 Å². The number of piperidine rings is 1. The van der Waals surface area contributed by atoms with Crippen molar-refractivity contribution >= 4 is 24.0 Å². The molecule has 0 aromatic heterocycles. The van der Waals surface area contributed by atoms with Crippen molar-refractivity contribution < 1.29 is 14.3 Å². The van der Waals surface area contributed by atoms with E-state index in [0.29, 0.717) is 18.3 Å². The number of amides is 1. The summed E-state index contributed by atoms with van der Waals surface area (Å²) in [7, 11) is 1.99. The summed E-state index contributed by atoms with van der Waals surface area (Å²) in [6.45, 7) is 2.60. The van der Waals surface area contributed by atoms with Crippen LogP contribution in [0.25, 0.3) is 0 Å². The lowest BCUT2D eigenvalue weighted by molar-refractivity contribution is -0.117. The molecular weight excluding hydrogens is 306 g/mol. The maximum absolute atomic E-state index is 12.1. The molecule has 1 saturated heterocycles. The molecule has 0 spiro atoms. The van der Waals surface area contributed by atoms with Crippen LogP contribution in [-0.2, 0) is 4.79 Å². The zero-order valence-corrected chi connectivity index (χ0v) is 13.4. The number of anilines is 1. The van der Waals surface area contributed by atoms with Gasteiger partial charge in [0, 0.05) is 30.9 Å². The number of carbonyl (C=O) groups is 1. The van der Waals surface area contributed by atoms with E-state index in [1.54, 1.807) is 6.07 Å². The zero-order valence-electron chi connectivity index (χ0n) is 12.6. The van der Waals surface area contributed by atoms with E-state index in [1.807, 2.05) is 19.2 Å². The summed E-state index contributed by atoms with van der Waals surface area (Å²) >= 11 is 0. The van der Waals surface area contributed by atoms with Crippen LogP contribution < -0.4 is 20.1 Å². The maximum Gasteiger partial charge on any atom is 0.238 e. The lowest BCUT2D eigenvalue weighted by atomic mass is 10.1. The van der Waals surface area contributed by atoms with Gasteiger partial charge in [-0.25, -0.2) is 0 Å². The van der Waals surface area contributed by atoms with E-state index >= 15 is 0 Å². The number of likely N-dealkylation sites (tertiary alicyclic amines) is 1. The van der Waals surface area contributed by atoms with Crippen molar-refractivity contribution in [2.24, 2.45) is 0 Å². The summed E-state index contributed by atoms with van der Waals surface area (Å²) in [5.41, 5.74) is 0.745. The molecule has 2 heterocycles. The molecule has 0 radical (unpaired) electrons. The molecule has 122 valence electrons. The molecule has 1 amide bonds. The first-order valence-electron chi connectivity index (χ1n) is 7.34. The Morgan fingerprint density at radius 1 is 1.27 bits per heavy atom. The third-order valence-electron chi connectivity index (χ3n) is 4.02. The van der Waals surface area contributed by atoms with Crippen LogP contribution in [0, 0.1) is 0 Å². The van der Waals surface area contributed by atoms with Crippen LogP contribution >= 0.6 is 12.4 Å². The molecule has 3 rings (SSSR count). The van der Waals surface area contributed by atoms with Crippen molar-refractivity contribution in [2.75, 3.05) is 38.8 Å². The van der Waals surface area contributed by atoms with E-state index in [2.05, 4.69) is 15.5 Å². The Morgan fingerprint density at radius 3 is 2.73 bits per heavy atom. The second-order valence-corrected chi connectivity index (χ2v) is 5.46. The zero-order chi connectivity index (χ0) is 14.7. The first-order valence-corrected chi connectivity index (χ1v) is 7.34. The summed E-state index contributed by atoms with van der Waals surface area (Å²) < 4.78 is 10.6. The standard InChI is InChI=1S/C15H21N3O3.ClH/c1-16-11-4-6-18(7-5-11)9-15(19)17-12-2-3-13-14(8-12)21-10-20-13;/h2-3,8,11,16H,4-7,9-10H2,1H3,(H,17,19);1H. The van der Waals surface area contributed by atoms with Crippen LogP contribution in [-0.4, -0.2) is 50.3 Å². The van der Waals surface area contributed by atoms with Gasteiger partial charge in [0.05, 0.1) is 6.54 Å². The van der Waals surface area contributed by atoms with E-state index in [9.17, 15) is 4.79 Å². The second kappa shape index (κ2) is 7.67. The van der Waals surface area contributed by atoms with Gasteiger partial charge in [-0.1, -0.05) is 0 Å². The van der Waals surface area contributed by atoms with Crippen LogP contribution in [0.1, 0.15) is 12.8 Å². The molecule has 1 aromatic carbocycles. The maximum atomic E-state index is 12.1. The average Bonchev–Trinajstić information content (AvgIpc) is 2.95. The second-order valence-electron chi connectivity index (χ2n) is 5.46. The number of fused-ring (bicyclic) bond motifs is 1. The molecule has 2 aliphatic heterocycles. The fourth-order valence-electron chi connectivity index (χ4n) is 2.76. The quantitative estimate of drug-likeness (QED) is 0.876. The number of nitrogens with zero attached hydrogens (tertiary/aromatic N) is 1. The molecule has 2 N–H and O–H groups in total. The highest BCUT2D eigenvalue weighted by atomic mass is 35.5. The number of hydrogen-bond donors (Lipinski definition) is 2. The number of nitrogens with one attached hydrogen (secondary N) is 2. The minimum Gasteiger partial charge on any atom is -0.454 e. The predicted molar refractivity (Wildman–Crippen MR) is 87.0 cm³/mol. The Bertz CT molecular complexity index is 519. The lowest BCUT2D eigenvalue weighted by Crippen LogP contribution is -2.44. The summed E-state index contributed by atoms with van der Waals surface area (Å²) in [6.07, 6.45) is 2.18. The fraction of sp³-hybridized carbons (Fsp3) is 0.533. The molecule has 2 aliphatic rings. The smallest absolute Gasteiger partial charge is 0.238 e. The fourth-order valence-corrected chi connectivity index (χ4v) is 2.76. The number of benzene rings is 1. The molecule has 0 bridgehead atoms. The molecule has 1 fully saturated rings. The monoisotopic (exact) mass is 327 g/mol. The van der Waals surface area contributed by atoms with Crippen LogP contribution in [0.15, 0.2) is 18.2 Å². The van der Waals surface area contributed by atoms with E-state index in [4.69, 9.17) is 9.47 Å². The Hall–Kier alpha value is -1.50. The van der Waals surface area contributed by atoms with Gasteiger partial charge in [-0.05, 0) is 32.0 Å². The van der Waals surface area contributed by atoms with Gasteiger partial charge in [0.15, 0.2) is 11.5 Å². The highest BCUT2D eigenvalue weighted by Gasteiger charge is 2.20. The highest BCUT2D eigenvalue weighted by molar-refractivity contribution is 5.92. The molecule has 0 saturated carbocycles. The van der Waals surface area contributed by atoms with E-state index in [0.717, 1.165) is 37.4 Å². The molecule has 1 aromatic rings. The van der Waals surface area contributed by atoms with Crippen molar-refractivity contribution in [1.82, 2.24) is 10.2 Å². The van der Waals surface area contributed by atoms with Crippen molar-refractivity contribution in [3.05, 3.63) is 18.2 Å². The van der Waals surface area contributed by atoms with Crippen molar-refractivity contribution in [1.29, 1.82) is 0 Å². The van der Waals surface area contributed by atoms with Crippen LogP contribution in [0.3, 0.4) is 0 Å². The van der Waals surface area contributed by atoms with Gasteiger partial charge in [0.1, 0.15) is 0 Å². The predicted octanol–water partition coefficient (Wildman–Crippen LogP) is 1.46. The van der Waals surface area contributed by atoms with E-state index in [1.165, 1.54) is 0 Å². The van der Waals surface area contributed by atoms with Crippen molar-refractivity contribution in [3.8, 4) is 11.5 Å². The third kappa shape index (κ3) is 4.03. The minimum atomic E-state index is 0. The third-order valence-corrected chi connectivity index (χ3v) is 4.02. The largest absolute Gasteiger partial charge is 0.454 e. The number of halogens is 1. The topological polar surface area (TPSA) is 62.8 Å². The number of rotatable bonds is 4. The molecule has 0 aliphatic carbocycles. The molecular formula is C15H22ClN3O3. The summed E-state index contributed by atoms with van der Waals surface area (Å²) in [6, 6.07) is 6.03. The van der Waals surface area contributed by atoms with Gasteiger partial charge in [0.2, 0.25) is 12.7 Å². The minimum absolute atomic E-state index is 0. The number of hydrogen-bond acceptors (Lipinski definition) is 5. The van der Waals surface area contributed by atoms with Gasteiger partial charge in [-0.15, -0.1) is 12.4 Å². The molecule has 6 nitrogen and oxygen atoms in total. The van der Waals surface area contributed by atoms with E-state index < -0.39 is 0 Å². The van der Waals surface area contributed by atoms with Gasteiger partial charge in [-0.2, -0.15) is 0 Å². The average molecular weight is 328 g/mol. The van der Waals surface area contributed by atoms with Gasteiger partial charge in [-0.3, -0.25) is 9.69 Å². The van der Waals surface area contributed by atoms with Crippen LogP contribution in [0.5, 0.6) is 11.5 Å². The molecule has 0 unspecified atom stereocenters. The van der Waals surface area contributed by atoms with Gasteiger partial charge < -0.3 is 20.1 Å². The highest BCUT2D eigenvalue weighted by Crippen LogP contribution is 2.34. The first kappa shape index (κ1) is 16.9. The summed E-state index contributed by atoms with van der Waals surface area (Å²) in [5, 5.41) is 6.20. The summed E-state index contributed by atoms with van der Waals surface area (Å²) in [5.74, 6) is 1.42. The van der Waals surface area contributed by atoms with Crippen LogP contribution in [0.4, 0.5) is 5.69 Å². The summed E-state index contributed by atoms with van der Waals surface area (Å²) in [4.78, 5) is 14.3.